The molecule has 3 aromatic rings. The number of fused-ring (bicyclic) bond motifs is 3. The highest BCUT2D eigenvalue weighted by Gasteiger charge is 2.36. The van der Waals surface area contributed by atoms with E-state index >= 15 is 0 Å². The molecule has 1 aromatic heterocycles. The maximum atomic E-state index is 12.8. The molecular weight excluding hydrogens is 380 g/mol. The quantitative estimate of drug-likeness (QED) is 0.678. The Morgan fingerprint density at radius 3 is 2.57 bits per heavy atom. The second-order valence-electron chi connectivity index (χ2n) is 6.39. The van der Waals surface area contributed by atoms with Crippen molar-refractivity contribution in [1.82, 2.24) is 9.78 Å². The maximum Gasteiger partial charge on any atom is 0.359 e. The number of aliphatic hydroxyl groups is 1. The summed E-state index contributed by atoms with van der Waals surface area (Å²) in [6.45, 7) is 1.75. The smallest absolute Gasteiger partial charge is 0.359 e. The van der Waals surface area contributed by atoms with E-state index in [-0.39, 0.29) is 29.6 Å². The largest absolute Gasteiger partial charge is 0.461 e. The molecule has 0 spiro atoms. The van der Waals surface area contributed by atoms with Crippen molar-refractivity contribution in [2.75, 3.05) is 6.61 Å². The molecule has 0 atom stereocenters. The molecule has 0 fully saturated rings. The number of ether oxygens (including phenoxy) is 1. The van der Waals surface area contributed by atoms with Gasteiger partial charge < -0.3 is 9.84 Å². The SMILES string of the molecule is CCOC(=O)c1nn(-c2ccc(CO)cc2)c2c1CS(=O)(=O)c1ccccc1-2. The van der Waals surface area contributed by atoms with Crippen LogP contribution in [0.4, 0.5) is 0 Å². The summed E-state index contributed by atoms with van der Waals surface area (Å²) in [6, 6.07) is 13.7. The molecule has 144 valence electrons. The highest BCUT2D eigenvalue weighted by molar-refractivity contribution is 7.90. The fraction of sp³-hybridized carbons (Fsp3) is 0.200. The first-order chi connectivity index (χ1) is 13.5. The van der Waals surface area contributed by atoms with Gasteiger partial charge in [0.1, 0.15) is 0 Å². The fourth-order valence-corrected chi connectivity index (χ4v) is 4.95. The number of aliphatic hydroxyl groups excluding tert-OH is 1. The van der Waals surface area contributed by atoms with Gasteiger partial charge in [0.2, 0.25) is 0 Å². The van der Waals surface area contributed by atoms with Gasteiger partial charge in [-0.2, -0.15) is 5.10 Å². The second-order valence-corrected chi connectivity index (χ2v) is 8.35. The van der Waals surface area contributed by atoms with Gasteiger partial charge in [0, 0.05) is 11.1 Å². The molecular formula is C20H18N2O5S. The number of hydrogen-bond donors (Lipinski definition) is 1. The Hall–Kier alpha value is -2.97. The first-order valence-corrected chi connectivity index (χ1v) is 10.4. The van der Waals surface area contributed by atoms with E-state index in [4.69, 9.17) is 4.74 Å². The Kier molecular flexibility index (Phi) is 4.52. The van der Waals surface area contributed by atoms with Gasteiger partial charge in [0.15, 0.2) is 15.5 Å². The summed E-state index contributed by atoms with van der Waals surface area (Å²) in [4.78, 5) is 12.7. The van der Waals surface area contributed by atoms with Crippen LogP contribution < -0.4 is 0 Å². The van der Waals surface area contributed by atoms with E-state index in [1.165, 1.54) is 0 Å². The number of rotatable bonds is 4. The van der Waals surface area contributed by atoms with E-state index in [0.717, 1.165) is 5.56 Å². The van der Waals surface area contributed by atoms with Crippen LogP contribution in [-0.2, 0) is 26.9 Å². The van der Waals surface area contributed by atoms with Crippen molar-refractivity contribution in [3.05, 3.63) is 65.4 Å². The lowest BCUT2D eigenvalue weighted by atomic mass is 10.1. The van der Waals surface area contributed by atoms with Gasteiger partial charge in [-0.25, -0.2) is 17.9 Å². The molecule has 0 bridgehead atoms. The van der Waals surface area contributed by atoms with Gasteiger partial charge in [0.05, 0.1) is 35.2 Å². The zero-order chi connectivity index (χ0) is 19.9. The van der Waals surface area contributed by atoms with Crippen LogP contribution in [0, 0.1) is 0 Å². The molecule has 1 N–H and O–H groups in total. The Morgan fingerprint density at radius 1 is 1.18 bits per heavy atom. The molecule has 0 saturated carbocycles. The van der Waals surface area contributed by atoms with Crippen molar-refractivity contribution in [3.8, 4) is 16.9 Å². The van der Waals surface area contributed by atoms with Crippen LogP contribution >= 0.6 is 0 Å². The predicted molar refractivity (Wildman–Crippen MR) is 102 cm³/mol. The minimum absolute atomic E-state index is 0.00108. The molecule has 0 amide bonds. The molecule has 0 saturated heterocycles. The molecule has 4 rings (SSSR count). The molecule has 8 heteroatoms. The Balaban J connectivity index is 2.00. The summed E-state index contributed by atoms with van der Waals surface area (Å²) in [7, 11) is -3.60. The predicted octanol–water partition coefficient (Wildman–Crippen LogP) is 2.50. The topological polar surface area (TPSA) is 98.5 Å². The van der Waals surface area contributed by atoms with E-state index in [2.05, 4.69) is 5.10 Å². The standard InChI is InChI=1S/C20H18N2O5S/c1-2-27-20(24)18-16-12-28(25,26)17-6-4-3-5-15(17)19(16)22(21-18)14-9-7-13(11-23)8-10-14/h3-10,23H,2,11-12H2,1H3. The summed E-state index contributed by atoms with van der Waals surface area (Å²) in [5.41, 5.74) is 2.78. The van der Waals surface area contributed by atoms with Crippen LogP contribution in [-0.4, -0.2) is 35.9 Å². The number of carbonyl (C=O) groups is 1. The summed E-state index contributed by atoms with van der Waals surface area (Å²) in [5, 5.41) is 13.7. The van der Waals surface area contributed by atoms with E-state index in [1.54, 1.807) is 60.1 Å². The van der Waals surface area contributed by atoms with Crippen LogP contribution in [0.2, 0.25) is 0 Å². The molecule has 2 aromatic carbocycles. The Labute approximate surface area is 162 Å². The number of esters is 1. The normalized spacial score (nSPS) is 14.2. The first-order valence-electron chi connectivity index (χ1n) is 8.77. The van der Waals surface area contributed by atoms with Crippen molar-refractivity contribution >= 4 is 15.8 Å². The van der Waals surface area contributed by atoms with Gasteiger partial charge in [-0.1, -0.05) is 30.3 Å². The average molecular weight is 398 g/mol. The lowest BCUT2D eigenvalue weighted by molar-refractivity contribution is 0.0518. The number of aromatic nitrogens is 2. The van der Waals surface area contributed by atoms with E-state index in [9.17, 15) is 18.3 Å². The second kappa shape index (κ2) is 6.88. The molecule has 2 heterocycles. The van der Waals surface area contributed by atoms with E-state index in [0.29, 0.717) is 22.5 Å². The number of sulfone groups is 1. The zero-order valence-corrected chi connectivity index (χ0v) is 15.9. The highest BCUT2D eigenvalue weighted by atomic mass is 32.2. The van der Waals surface area contributed by atoms with Crippen LogP contribution in [0.5, 0.6) is 0 Å². The summed E-state index contributed by atoms with van der Waals surface area (Å²) in [6.07, 6.45) is 0. The van der Waals surface area contributed by atoms with Crippen molar-refractivity contribution in [2.45, 2.75) is 24.2 Å². The van der Waals surface area contributed by atoms with Gasteiger partial charge in [-0.3, -0.25) is 0 Å². The lowest BCUT2D eigenvalue weighted by Gasteiger charge is -2.19. The highest BCUT2D eigenvalue weighted by Crippen LogP contribution is 2.40. The minimum atomic E-state index is -3.60. The van der Waals surface area contributed by atoms with Crippen molar-refractivity contribution in [3.63, 3.8) is 0 Å². The van der Waals surface area contributed by atoms with E-state index < -0.39 is 15.8 Å². The van der Waals surface area contributed by atoms with Crippen LogP contribution in [0.25, 0.3) is 16.9 Å². The molecule has 28 heavy (non-hydrogen) atoms. The fourth-order valence-electron chi connectivity index (χ4n) is 3.36. The summed E-state index contributed by atoms with van der Waals surface area (Å²) >= 11 is 0. The lowest BCUT2D eigenvalue weighted by Crippen LogP contribution is -2.16. The number of nitrogens with zero attached hydrogens (tertiary/aromatic N) is 2. The number of hydrogen-bond acceptors (Lipinski definition) is 6. The summed E-state index contributed by atoms with van der Waals surface area (Å²) in [5.74, 6) is -0.971. The van der Waals surface area contributed by atoms with Crippen molar-refractivity contribution in [1.29, 1.82) is 0 Å². The minimum Gasteiger partial charge on any atom is -0.461 e. The van der Waals surface area contributed by atoms with Gasteiger partial charge in [-0.05, 0) is 30.7 Å². The summed E-state index contributed by atoms with van der Waals surface area (Å²) < 4.78 is 32.2. The molecule has 7 nitrogen and oxygen atoms in total. The molecule has 0 unspecified atom stereocenters. The Bertz CT molecular complexity index is 1160. The van der Waals surface area contributed by atoms with Crippen LogP contribution in [0.3, 0.4) is 0 Å². The molecule has 0 aliphatic carbocycles. The zero-order valence-electron chi connectivity index (χ0n) is 15.1. The van der Waals surface area contributed by atoms with Crippen LogP contribution in [0.1, 0.15) is 28.5 Å². The van der Waals surface area contributed by atoms with Crippen molar-refractivity contribution < 1.29 is 23.1 Å². The third-order valence-corrected chi connectivity index (χ3v) is 6.32. The third-order valence-electron chi connectivity index (χ3n) is 4.63. The monoisotopic (exact) mass is 398 g/mol. The van der Waals surface area contributed by atoms with E-state index in [1.807, 2.05) is 0 Å². The van der Waals surface area contributed by atoms with Gasteiger partial charge >= 0.3 is 5.97 Å². The molecule has 0 radical (unpaired) electrons. The van der Waals surface area contributed by atoms with Gasteiger partial charge in [0.25, 0.3) is 0 Å². The molecule has 1 aliphatic heterocycles. The third kappa shape index (κ3) is 2.90. The average Bonchev–Trinajstić information content (AvgIpc) is 3.07. The maximum absolute atomic E-state index is 12.8. The first kappa shape index (κ1) is 18.4. The van der Waals surface area contributed by atoms with Crippen molar-refractivity contribution in [2.24, 2.45) is 0 Å². The van der Waals surface area contributed by atoms with Gasteiger partial charge in [-0.15, -0.1) is 0 Å². The number of carbonyl (C=O) groups excluding carboxylic acids is 1. The Morgan fingerprint density at radius 2 is 1.89 bits per heavy atom. The van der Waals surface area contributed by atoms with Crippen LogP contribution in [0.15, 0.2) is 53.4 Å². The number of benzene rings is 2. The molecule has 1 aliphatic rings.